The van der Waals surface area contributed by atoms with Crippen molar-refractivity contribution in [3.63, 3.8) is 0 Å². The van der Waals surface area contributed by atoms with E-state index in [-0.39, 0.29) is 5.41 Å². The van der Waals surface area contributed by atoms with Gasteiger partial charge in [-0.15, -0.1) is 0 Å². The molecule has 0 saturated heterocycles. The summed E-state index contributed by atoms with van der Waals surface area (Å²) in [6.07, 6.45) is 0. The van der Waals surface area contributed by atoms with Gasteiger partial charge in [0.15, 0.2) is 17.2 Å². The Morgan fingerprint density at radius 2 is 1.07 bits per heavy atom. The number of furan rings is 2. The van der Waals surface area contributed by atoms with Crippen LogP contribution < -0.4 is 0 Å². The summed E-state index contributed by atoms with van der Waals surface area (Å²) < 4.78 is 15.0. The van der Waals surface area contributed by atoms with Crippen LogP contribution >= 0.6 is 0 Å². The molecule has 11 aromatic rings. The van der Waals surface area contributed by atoms with Gasteiger partial charge in [0.1, 0.15) is 22.3 Å². The summed E-state index contributed by atoms with van der Waals surface area (Å²) in [6, 6.07) is 50.7. The first-order valence-corrected chi connectivity index (χ1v) is 18.3. The van der Waals surface area contributed by atoms with Crippen molar-refractivity contribution in [1.82, 2.24) is 19.5 Å². The first-order valence-electron chi connectivity index (χ1n) is 18.3. The van der Waals surface area contributed by atoms with E-state index in [1.807, 2.05) is 42.5 Å². The zero-order valence-electron chi connectivity index (χ0n) is 29.5. The average molecular weight is 695 g/mol. The second kappa shape index (κ2) is 10.5. The molecular formula is C48H30N4O2. The molecule has 0 spiro atoms. The number of aromatic nitrogens is 4. The normalized spacial score (nSPS) is 13.5. The van der Waals surface area contributed by atoms with Crippen molar-refractivity contribution in [1.29, 1.82) is 0 Å². The van der Waals surface area contributed by atoms with Crippen molar-refractivity contribution >= 4 is 65.7 Å². The van der Waals surface area contributed by atoms with Crippen LogP contribution in [-0.4, -0.2) is 19.5 Å². The second-order valence-corrected chi connectivity index (χ2v) is 14.8. The average Bonchev–Trinajstić information content (AvgIpc) is 3.94. The predicted octanol–water partition coefficient (Wildman–Crippen LogP) is 12.4. The number of hydrogen-bond donors (Lipinski definition) is 0. The third kappa shape index (κ3) is 3.97. The van der Waals surface area contributed by atoms with Crippen LogP contribution in [0.5, 0.6) is 0 Å². The summed E-state index contributed by atoms with van der Waals surface area (Å²) in [7, 11) is 0. The number of nitrogens with zero attached hydrogens (tertiary/aromatic N) is 4. The maximum Gasteiger partial charge on any atom is 0.238 e. The summed E-state index contributed by atoms with van der Waals surface area (Å²) in [5.41, 5.74) is 12.0. The summed E-state index contributed by atoms with van der Waals surface area (Å²) in [6.45, 7) is 4.60. The van der Waals surface area contributed by atoms with Crippen LogP contribution in [0.15, 0.2) is 154 Å². The lowest BCUT2D eigenvalue weighted by molar-refractivity contribution is 0.660. The Morgan fingerprint density at radius 3 is 1.91 bits per heavy atom. The van der Waals surface area contributed by atoms with E-state index in [1.165, 1.54) is 22.3 Å². The Labute approximate surface area is 309 Å². The third-order valence-electron chi connectivity index (χ3n) is 11.5. The summed E-state index contributed by atoms with van der Waals surface area (Å²) >= 11 is 0. The van der Waals surface area contributed by atoms with Gasteiger partial charge in [-0.2, -0.15) is 9.97 Å². The topological polar surface area (TPSA) is 69.9 Å². The molecule has 0 amide bonds. The van der Waals surface area contributed by atoms with Crippen molar-refractivity contribution in [3.05, 3.63) is 157 Å². The number of hydrogen-bond acceptors (Lipinski definition) is 5. The molecule has 1 aliphatic carbocycles. The summed E-state index contributed by atoms with van der Waals surface area (Å²) in [4.78, 5) is 15.9. The number of para-hydroxylation sites is 3. The van der Waals surface area contributed by atoms with E-state index in [1.54, 1.807) is 0 Å². The Bertz CT molecular complexity index is 3380. The lowest BCUT2D eigenvalue weighted by Gasteiger charge is -2.21. The molecule has 6 nitrogen and oxygen atoms in total. The Hall–Kier alpha value is -7.05. The van der Waals surface area contributed by atoms with E-state index in [4.69, 9.17) is 23.8 Å². The molecule has 0 radical (unpaired) electrons. The van der Waals surface area contributed by atoms with Gasteiger partial charge in [-0.05, 0) is 70.8 Å². The van der Waals surface area contributed by atoms with Crippen molar-refractivity contribution in [2.75, 3.05) is 0 Å². The number of rotatable bonds is 3. The standard InChI is InChI=1S/C48H30N4O2/c1-48(2)37-15-7-3-11-29(37)35-25-27(19-23-38(35)48)45-49-46(28-20-24-42-36(26-28)32-14-6-9-17-40(32)53-42)51-47(50-45)52-39-16-8-4-12-30(39)33-21-22-34-31-13-5-10-18-41(31)54-44(34)43(33)52/h3-26H,1-2H3. The van der Waals surface area contributed by atoms with Gasteiger partial charge < -0.3 is 8.83 Å². The highest BCUT2D eigenvalue weighted by Gasteiger charge is 2.35. The minimum Gasteiger partial charge on any atom is -0.456 e. The van der Waals surface area contributed by atoms with Crippen LogP contribution in [0.3, 0.4) is 0 Å². The minimum absolute atomic E-state index is 0.108. The van der Waals surface area contributed by atoms with E-state index in [2.05, 4.69) is 122 Å². The van der Waals surface area contributed by atoms with Crippen LogP contribution in [0.25, 0.3) is 106 Å². The smallest absolute Gasteiger partial charge is 0.238 e. The van der Waals surface area contributed by atoms with Gasteiger partial charge >= 0.3 is 0 Å². The van der Waals surface area contributed by atoms with Gasteiger partial charge in [-0.3, -0.25) is 4.57 Å². The maximum atomic E-state index is 6.67. The maximum absolute atomic E-state index is 6.67. The molecule has 12 rings (SSSR count). The molecule has 0 N–H and O–H groups in total. The highest BCUT2D eigenvalue weighted by atomic mass is 16.3. The highest BCUT2D eigenvalue weighted by molar-refractivity contribution is 6.21. The molecule has 0 fully saturated rings. The molecular weight excluding hydrogens is 665 g/mol. The molecule has 0 atom stereocenters. The highest BCUT2D eigenvalue weighted by Crippen LogP contribution is 2.49. The van der Waals surface area contributed by atoms with Gasteiger partial charge in [-0.1, -0.05) is 111 Å². The van der Waals surface area contributed by atoms with Crippen molar-refractivity contribution in [2.45, 2.75) is 19.3 Å². The zero-order valence-corrected chi connectivity index (χ0v) is 29.5. The van der Waals surface area contributed by atoms with Crippen molar-refractivity contribution in [2.24, 2.45) is 0 Å². The van der Waals surface area contributed by atoms with Crippen LogP contribution in [0.1, 0.15) is 25.0 Å². The first kappa shape index (κ1) is 29.5. The van der Waals surface area contributed by atoms with E-state index in [9.17, 15) is 0 Å². The van der Waals surface area contributed by atoms with Crippen LogP contribution in [0.2, 0.25) is 0 Å². The monoisotopic (exact) mass is 694 g/mol. The molecule has 0 bridgehead atoms. The van der Waals surface area contributed by atoms with E-state index >= 15 is 0 Å². The fourth-order valence-electron chi connectivity index (χ4n) is 8.89. The molecule has 0 saturated carbocycles. The molecule has 0 unspecified atom stereocenters. The SMILES string of the molecule is CC1(C)c2ccccc2-c2cc(-c3nc(-c4ccc5oc6ccccc6c5c4)nc(-n4c5ccccc5c5ccc6c7ccccc7oc6c54)n3)ccc21. The molecule has 6 heteroatoms. The van der Waals surface area contributed by atoms with E-state index in [0.29, 0.717) is 17.6 Å². The van der Waals surface area contributed by atoms with E-state index < -0.39 is 0 Å². The minimum atomic E-state index is -0.108. The summed E-state index contributed by atoms with van der Waals surface area (Å²) in [5.74, 6) is 1.69. The first-order chi connectivity index (χ1) is 26.5. The number of fused-ring (bicyclic) bond motifs is 13. The largest absolute Gasteiger partial charge is 0.456 e. The number of benzene rings is 7. The van der Waals surface area contributed by atoms with Crippen LogP contribution in [-0.2, 0) is 5.41 Å². The lowest BCUT2D eigenvalue weighted by atomic mass is 9.82. The quantitative estimate of drug-likeness (QED) is 0.184. The van der Waals surface area contributed by atoms with E-state index in [0.717, 1.165) is 76.8 Å². The predicted molar refractivity (Wildman–Crippen MR) is 217 cm³/mol. The summed E-state index contributed by atoms with van der Waals surface area (Å²) in [5, 5.41) is 6.37. The molecule has 254 valence electrons. The fourth-order valence-corrected chi connectivity index (χ4v) is 8.89. The van der Waals surface area contributed by atoms with Gasteiger partial charge in [0.25, 0.3) is 0 Å². The molecule has 0 aliphatic heterocycles. The molecule has 4 aromatic heterocycles. The van der Waals surface area contributed by atoms with Gasteiger partial charge in [-0.25, -0.2) is 4.98 Å². The van der Waals surface area contributed by atoms with Crippen LogP contribution in [0.4, 0.5) is 0 Å². The van der Waals surface area contributed by atoms with Gasteiger partial charge in [0, 0.05) is 48.9 Å². The fraction of sp³-hybridized carbons (Fsp3) is 0.0625. The second-order valence-electron chi connectivity index (χ2n) is 14.8. The van der Waals surface area contributed by atoms with Gasteiger partial charge in [0.2, 0.25) is 5.95 Å². The Morgan fingerprint density at radius 1 is 0.463 bits per heavy atom. The van der Waals surface area contributed by atoms with Gasteiger partial charge in [0.05, 0.1) is 5.52 Å². The molecule has 1 aliphatic rings. The van der Waals surface area contributed by atoms with Crippen molar-refractivity contribution in [3.8, 4) is 39.9 Å². The third-order valence-corrected chi connectivity index (χ3v) is 11.5. The lowest BCUT2D eigenvalue weighted by Crippen LogP contribution is -2.14. The Balaban J connectivity index is 1.17. The zero-order chi connectivity index (χ0) is 35.7. The molecule has 4 heterocycles. The van der Waals surface area contributed by atoms with Crippen LogP contribution in [0, 0.1) is 0 Å². The molecule has 54 heavy (non-hydrogen) atoms. The molecule has 7 aromatic carbocycles. The van der Waals surface area contributed by atoms with Crippen molar-refractivity contribution < 1.29 is 8.83 Å². The Kier molecular flexibility index (Phi) is 5.75.